The van der Waals surface area contributed by atoms with Gasteiger partial charge in [0.2, 0.25) is 5.91 Å². The molecule has 1 saturated heterocycles. The molecule has 0 aromatic heterocycles. The van der Waals surface area contributed by atoms with Gasteiger partial charge in [0.15, 0.2) is 0 Å². The van der Waals surface area contributed by atoms with Crippen LogP contribution in [0.1, 0.15) is 39.2 Å². The maximum atomic E-state index is 12.2. The Morgan fingerprint density at radius 1 is 0.939 bits per heavy atom. The second-order valence-corrected chi connectivity index (χ2v) is 9.38. The Kier molecular flexibility index (Phi) is 8.72. The molecule has 0 radical (unpaired) electrons. The largest absolute Gasteiger partial charge is 0.444 e. The summed E-state index contributed by atoms with van der Waals surface area (Å²) >= 11 is 0. The van der Waals surface area contributed by atoms with E-state index in [1.165, 1.54) is 11.3 Å². The van der Waals surface area contributed by atoms with Gasteiger partial charge in [0.25, 0.3) is 0 Å². The Labute approximate surface area is 197 Å². The van der Waals surface area contributed by atoms with Crippen molar-refractivity contribution in [1.29, 1.82) is 0 Å². The van der Waals surface area contributed by atoms with Gasteiger partial charge in [0.1, 0.15) is 5.60 Å². The molecule has 2 N–H and O–H groups in total. The minimum atomic E-state index is -0.524. The number of nitrogens with one attached hydrogen (secondary N) is 2. The van der Waals surface area contributed by atoms with Crippen molar-refractivity contribution in [3.8, 4) is 0 Å². The van der Waals surface area contributed by atoms with Crippen LogP contribution in [-0.2, 0) is 16.1 Å². The molecule has 1 fully saturated rings. The van der Waals surface area contributed by atoms with Gasteiger partial charge in [-0.1, -0.05) is 30.3 Å². The highest BCUT2D eigenvalue weighted by atomic mass is 16.6. The van der Waals surface area contributed by atoms with Crippen LogP contribution < -0.4 is 15.5 Å². The Balaban J connectivity index is 1.35. The van der Waals surface area contributed by atoms with E-state index >= 15 is 0 Å². The number of anilines is 2. The molecule has 1 aliphatic rings. The quantitative estimate of drug-likeness (QED) is 0.586. The summed E-state index contributed by atoms with van der Waals surface area (Å²) in [6.07, 6.45) is 0.427. The zero-order chi connectivity index (χ0) is 23.7. The Morgan fingerprint density at radius 2 is 1.61 bits per heavy atom. The third-order valence-corrected chi connectivity index (χ3v) is 5.39. The molecular weight excluding hydrogens is 416 g/mol. The van der Waals surface area contributed by atoms with Crippen molar-refractivity contribution >= 4 is 23.4 Å². The summed E-state index contributed by atoms with van der Waals surface area (Å²) in [4.78, 5) is 28.7. The second kappa shape index (κ2) is 11.7. The SMILES string of the molecule is CC(C)(C)OC(=O)NCCCC(=O)Nc1ccc(N2CCN(Cc3ccccc3)CC2)cc1. The van der Waals surface area contributed by atoms with E-state index in [1.54, 1.807) is 0 Å². The predicted molar refractivity (Wildman–Crippen MR) is 132 cm³/mol. The number of carbonyl (C=O) groups is 2. The fourth-order valence-electron chi connectivity index (χ4n) is 3.74. The maximum absolute atomic E-state index is 12.2. The molecule has 33 heavy (non-hydrogen) atoms. The van der Waals surface area contributed by atoms with Crippen molar-refractivity contribution in [2.45, 2.75) is 45.8 Å². The van der Waals surface area contributed by atoms with Crippen molar-refractivity contribution < 1.29 is 14.3 Å². The molecule has 1 heterocycles. The summed E-state index contributed by atoms with van der Waals surface area (Å²) in [7, 11) is 0. The normalized spacial score (nSPS) is 14.6. The first-order valence-corrected chi connectivity index (χ1v) is 11.7. The zero-order valence-electron chi connectivity index (χ0n) is 20.0. The van der Waals surface area contributed by atoms with Crippen molar-refractivity contribution in [1.82, 2.24) is 10.2 Å². The number of benzene rings is 2. The van der Waals surface area contributed by atoms with Gasteiger partial charge in [-0.2, -0.15) is 0 Å². The van der Waals surface area contributed by atoms with Gasteiger partial charge in [-0.05, 0) is 57.0 Å². The van der Waals surface area contributed by atoms with Gasteiger partial charge < -0.3 is 20.3 Å². The maximum Gasteiger partial charge on any atom is 0.407 e. The molecule has 2 amide bonds. The lowest BCUT2D eigenvalue weighted by molar-refractivity contribution is -0.116. The molecule has 0 saturated carbocycles. The van der Waals surface area contributed by atoms with Gasteiger partial charge in [-0.3, -0.25) is 9.69 Å². The fourth-order valence-corrected chi connectivity index (χ4v) is 3.74. The number of amides is 2. The molecule has 0 aliphatic carbocycles. The van der Waals surface area contributed by atoms with E-state index in [1.807, 2.05) is 32.9 Å². The van der Waals surface area contributed by atoms with Crippen LogP contribution >= 0.6 is 0 Å². The summed E-state index contributed by atoms with van der Waals surface area (Å²) in [6.45, 7) is 10.9. The highest BCUT2D eigenvalue weighted by molar-refractivity contribution is 5.90. The van der Waals surface area contributed by atoms with Crippen LogP contribution in [0.25, 0.3) is 0 Å². The van der Waals surface area contributed by atoms with Crippen molar-refractivity contribution in [2.75, 3.05) is 42.9 Å². The smallest absolute Gasteiger partial charge is 0.407 e. The molecule has 7 heteroatoms. The van der Waals surface area contributed by atoms with Gasteiger partial charge in [-0.15, -0.1) is 0 Å². The lowest BCUT2D eigenvalue weighted by Gasteiger charge is -2.36. The number of nitrogens with zero attached hydrogens (tertiary/aromatic N) is 2. The molecule has 0 unspecified atom stereocenters. The second-order valence-electron chi connectivity index (χ2n) is 9.38. The summed E-state index contributed by atoms with van der Waals surface area (Å²) < 4.78 is 5.18. The summed E-state index contributed by atoms with van der Waals surface area (Å²) in [5, 5.41) is 5.59. The van der Waals surface area contributed by atoms with Crippen LogP contribution in [0.15, 0.2) is 54.6 Å². The molecule has 1 aliphatic heterocycles. The first kappa shape index (κ1) is 24.6. The number of ether oxygens (including phenoxy) is 1. The highest BCUT2D eigenvalue weighted by Crippen LogP contribution is 2.20. The van der Waals surface area contributed by atoms with Gasteiger partial charge >= 0.3 is 6.09 Å². The van der Waals surface area contributed by atoms with Gasteiger partial charge in [0, 0.05) is 57.1 Å². The van der Waals surface area contributed by atoms with E-state index in [4.69, 9.17) is 4.74 Å². The highest BCUT2D eigenvalue weighted by Gasteiger charge is 2.18. The minimum absolute atomic E-state index is 0.0664. The molecule has 0 spiro atoms. The number of alkyl carbamates (subject to hydrolysis) is 1. The molecule has 0 atom stereocenters. The Bertz CT molecular complexity index is 886. The van der Waals surface area contributed by atoms with E-state index < -0.39 is 11.7 Å². The minimum Gasteiger partial charge on any atom is -0.444 e. The van der Waals surface area contributed by atoms with Crippen LogP contribution in [0.5, 0.6) is 0 Å². The van der Waals surface area contributed by atoms with E-state index in [0.29, 0.717) is 19.4 Å². The first-order chi connectivity index (χ1) is 15.8. The first-order valence-electron chi connectivity index (χ1n) is 11.7. The van der Waals surface area contributed by atoms with E-state index in [2.05, 4.69) is 62.9 Å². The van der Waals surface area contributed by atoms with Crippen LogP contribution in [0.2, 0.25) is 0 Å². The van der Waals surface area contributed by atoms with E-state index in [-0.39, 0.29) is 5.91 Å². The predicted octanol–water partition coefficient (Wildman–Crippen LogP) is 4.25. The molecule has 2 aromatic rings. The van der Waals surface area contributed by atoms with Crippen molar-refractivity contribution in [3.05, 3.63) is 60.2 Å². The van der Waals surface area contributed by atoms with Crippen molar-refractivity contribution in [3.63, 3.8) is 0 Å². The van der Waals surface area contributed by atoms with Crippen LogP contribution in [0.4, 0.5) is 16.2 Å². The third-order valence-electron chi connectivity index (χ3n) is 5.39. The molecule has 2 aromatic carbocycles. The molecule has 3 rings (SSSR count). The van der Waals surface area contributed by atoms with Crippen LogP contribution in [0.3, 0.4) is 0 Å². The molecule has 0 bridgehead atoms. The average Bonchev–Trinajstić information content (AvgIpc) is 2.77. The number of rotatable bonds is 8. The third kappa shape index (κ3) is 8.77. The summed E-state index contributed by atoms with van der Waals surface area (Å²) in [5.41, 5.74) is 2.79. The Hall–Kier alpha value is -3.06. The topological polar surface area (TPSA) is 73.9 Å². The van der Waals surface area contributed by atoms with Gasteiger partial charge in [-0.25, -0.2) is 4.79 Å². The number of hydrogen-bond donors (Lipinski definition) is 2. The molecule has 178 valence electrons. The summed E-state index contributed by atoms with van der Waals surface area (Å²) in [5.74, 6) is -0.0664. The van der Waals surface area contributed by atoms with E-state index in [0.717, 1.165) is 38.4 Å². The number of piperazine rings is 1. The van der Waals surface area contributed by atoms with Crippen LogP contribution in [0, 0.1) is 0 Å². The monoisotopic (exact) mass is 452 g/mol. The van der Waals surface area contributed by atoms with Gasteiger partial charge in [0.05, 0.1) is 0 Å². The fraction of sp³-hybridized carbons (Fsp3) is 0.462. The number of hydrogen-bond acceptors (Lipinski definition) is 5. The van der Waals surface area contributed by atoms with Crippen LogP contribution in [-0.4, -0.2) is 55.2 Å². The molecular formula is C26H36N4O3. The Morgan fingerprint density at radius 3 is 2.24 bits per heavy atom. The average molecular weight is 453 g/mol. The van der Waals surface area contributed by atoms with Crippen molar-refractivity contribution in [2.24, 2.45) is 0 Å². The molecule has 7 nitrogen and oxygen atoms in total. The lowest BCUT2D eigenvalue weighted by atomic mass is 10.2. The number of carbonyl (C=O) groups excluding carboxylic acids is 2. The van der Waals surface area contributed by atoms with E-state index in [9.17, 15) is 9.59 Å². The lowest BCUT2D eigenvalue weighted by Crippen LogP contribution is -2.45. The summed E-state index contributed by atoms with van der Waals surface area (Å²) in [6, 6.07) is 18.6. The standard InChI is InChI=1S/C26H36N4O3/c1-26(2,3)33-25(32)27-15-7-10-24(31)28-22-11-13-23(14-12-22)30-18-16-29(17-19-30)20-21-8-5-4-6-9-21/h4-6,8-9,11-14H,7,10,15-20H2,1-3H3,(H,27,32)(H,28,31). The zero-order valence-corrected chi connectivity index (χ0v) is 20.0.